The van der Waals surface area contributed by atoms with Crippen LogP contribution in [0.4, 0.5) is 5.95 Å². The van der Waals surface area contributed by atoms with Crippen LogP contribution in [0, 0.1) is 0 Å². The molecule has 0 aliphatic carbocycles. The molecule has 1 aliphatic heterocycles. The monoisotopic (exact) mass is 385 g/mol. The van der Waals surface area contributed by atoms with Gasteiger partial charge in [0.2, 0.25) is 5.95 Å². The average molecular weight is 385 g/mol. The Bertz CT molecular complexity index is 1170. The Morgan fingerprint density at radius 2 is 1.69 bits per heavy atom. The summed E-state index contributed by atoms with van der Waals surface area (Å²) in [7, 11) is 0. The lowest BCUT2D eigenvalue weighted by Gasteiger charge is -2.35. The molecule has 0 amide bonds. The lowest BCUT2D eigenvalue weighted by Crippen LogP contribution is -2.46. The van der Waals surface area contributed by atoms with Crippen molar-refractivity contribution in [1.82, 2.24) is 19.9 Å². The third kappa shape index (κ3) is 3.67. The predicted molar refractivity (Wildman–Crippen MR) is 116 cm³/mol. The predicted octanol–water partition coefficient (Wildman–Crippen LogP) is 3.24. The van der Waals surface area contributed by atoms with Gasteiger partial charge in [0.25, 0.3) is 5.56 Å². The number of piperazine rings is 1. The number of para-hydroxylation sites is 1. The topological polar surface area (TPSA) is 68.0 Å². The number of benzene rings is 2. The van der Waals surface area contributed by atoms with E-state index in [0.29, 0.717) is 11.6 Å². The van der Waals surface area contributed by atoms with Gasteiger partial charge in [-0.2, -0.15) is 0 Å². The zero-order chi connectivity index (χ0) is 19.6. The number of nitrogens with one attached hydrogen (secondary N) is 2. The summed E-state index contributed by atoms with van der Waals surface area (Å²) >= 11 is 0. The summed E-state index contributed by atoms with van der Waals surface area (Å²) in [5, 5.41) is 1.07. The zero-order valence-corrected chi connectivity index (χ0v) is 16.1. The van der Waals surface area contributed by atoms with Crippen molar-refractivity contribution in [3.63, 3.8) is 0 Å². The van der Waals surface area contributed by atoms with Gasteiger partial charge in [0.15, 0.2) is 0 Å². The highest BCUT2D eigenvalue weighted by molar-refractivity contribution is 5.94. The molecule has 4 aromatic rings. The molecule has 2 aromatic carbocycles. The SMILES string of the molecule is O=c1cc(-c2c[nH]c3ccccc23)nc(N2CCN(Cc3ccccc3)CC2)[nH]1. The normalized spacial score (nSPS) is 15.1. The molecule has 5 rings (SSSR count). The van der Waals surface area contributed by atoms with E-state index in [9.17, 15) is 4.79 Å². The molecule has 0 saturated carbocycles. The van der Waals surface area contributed by atoms with Crippen molar-refractivity contribution in [2.75, 3.05) is 31.1 Å². The van der Waals surface area contributed by atoms with Gasteiger partial charge in [-0.25, -0.2) is 4.98 Å². The number of nitrogens with zero attached hydrogens (tertiary/aromatic N) is 3. The number of H-pyrrole nitrogens is 2. The molecule has 6 nitrogen and oxygen atoms in total. The van der Waals surface area contributed by atoms with Crippen molar-refractivity contribution in [1.29, 1.82) is 0 Å². The van der Waals surface area contributed by atoms with E-state index < -0.39 is 0 Å². The largest absolute Gasteiger partial charge is 0.360 e. The van der Waals surface area contributed by atoms with Crippen LogP contribution < -0.4 is 10.5 Å². The first-order valence-corrected chi connectivity index (χ1v) is 9.95. The Hall–Kier alpha value is -3.38. The summed E-state index contributed by atoms with van der Waals surface area (Å²) in [6.45, 7) is 4.51. The van der Waals surface area contributed by atoms with Crippen molar-refractivity contribution >= 4 is 16.9 Å². The summed E-state index contributed by atoms with van der Waals surface area (Å²) in [6, 6.07) is 20.2. The Morgan fingerprint density at radius 3 is 2.52 bits per heavy atom. The molecule has 3 heterocycles. The van der Waals surface area contributed by atoms with Crippen LogP contribution in [0.3, 0.4) is 0 Å². The van der Waals surface area contributed by atoms with Gasteiger partial charge in [-0.1, -0.05) is 48.5 Å². The number of hydrogen-bond acceptors (Lipinski definition) is 4. The zero-order valence-electron chi connectivity index (χ0n) is 16.1. The smallest absolute Gasteiger partial charge is 0.252 e. The van der Waals surface area contributed by atoms with Crippen molar-refractivity contribution in [2.45, 2.75) is 6.54 Å². The van der Waals surface area contributed by atoms with Crippen LogP contribution >= 0.6 is 0 Å². The van der Waals surface area contributed by atoms with E-state index in [-0.39, 0.29) is 5.56 Å². The maximum Gasteiger partial charge on any atom is 0.252 e. The molecular weight excluding hydrogens is 362 g/mol. The lowest BCUT2D eigenvalue weighted by atomic mass is 10.1. The number of aromatic nitrogens is 3. The Balaban J connectivity index is 1.35. The molecule has 2 aromatic heterocycles. The van der Waals surface area contributed by atoms with Crippen molar-refractivity contribution in [3.8, 4) is 11.3 Å². The maximum absolute atomic E-state index is 12.3. The molecule has 0 radical (unpaired) electrons. The van der Waals surface area contributed by atoms with Crippen LogP contribution in [-0.4, -0.2) is 46.0 Å². The number of rotatable bonds is 4. The van der Waals surface area contributed by atoms with Gasteiger partial charge >= 0.3 is 0 Å². The first-order valence-electron chi connectivity index (χ1n) is 9.95. The van der Waals surface area contributed by atoms with E-state index in [1.54, 1.807) is 6.07 Å². The van der Waals surface area contributed by atoms with E-state index in [1.165, 1.54) is 5.56 Å². The second kappa shape index (κ2) is 7.56. The van der Waals surface area contributed by atoms with Crippen LogP contribution in [0.2, 0.25) is 0 Å². The lowest BCUT2D eigenvalue weighted by molar-refractivity contribution is 0.248. The number of fused-ring (bicyclic) bond motifs is 1. The second-order valence-electron chi connectivity index (χ2n) is 7.45. The molecule has 2 N–H and O–H groups in total. The van der Waals surface area contributed by atoms with E-state index in [0.717, 1.165) is 49.2 Å². The molecule has 0 bridgehead atoms. The summed E-state index contributed by atoms with van der Waals surface area (Å²) < 4.78 is 0. The van der Waals surface area contributed by atoms with Gasteiger partial charge < -0.3 is 9.88 Å². The summed E-state index contributed by atoms with van der Waals surface area (Å²) in [4.78, 5) is 27.9. The minimum Gasteiger partial charge on any atom is -0.360 e. The Morgan fingerprint density at radius 1 is 0.931 bits per heavy atom. The molecule has 1 fully saturated rings. The standard InChI is InChI=1S/C23H23N5O/c29-22-14-21(19-15-24-20-9-5-4-8-18(19)20)25-23(26-22)28-12-10-27(11-13-28)16-17-6-2-1-3-7-17/h1-9,14-15,24H,10-13,16H2,(H,25,26,29). The number of hydrogen-bond donors (Lipinski definition) is 2. The van der Waals surface area contributed by atoms with Gasteiger partial charge in [0.05, 0.1) is 5.69 Å². The fraction of sp³-hybridized carbons (Fsp3) is 0.217. The maximum atomic E-state index is 12.3. The van der Waals surface area contributed by atoms with Gasteiger partial charge in [-0.05, 0) is 11.6 Å². The van der Waals surface area contributed by atoms with Crippen molar-refractivity contribution in [2.24, 2.45) is 0 Å². The molecule has 146 valence electrons. The van der Waals surface area contributed by atoms with Crippen LogP contribution in [-0.2, 0) is 6.54 Å². The third-order valence-electron chi connectivity index (χ3n) is 5.52. The minimum atomic E-state index is -0.123. The quantitative estimate of drug-likeness (QED) is 0.566. The first-order chi connectivity index (χ1) is 14.3. The number of aromatic amines is 2. The van der Waals surface area contributed by atoms with Crippen molar-refractivity contribution < 1.29 is 0 Å². The second-order valence-corrected chi connectivity index (χ2v) is 7.45. The van der Waals surface area contributed by atoms with Crippen LogP contribution in [0.25, 0.3) is 22.2 Å². The van der Waals surface area contributed by atoms with Crippen molar-refractivity contribution in [3.05, 3.63) is 82.8 Å². The van der Waals surface area contributed by atoms with Gasteiger partial charge in [-0.3, -0.25) is 14.7 Å². The van der Waals surface area contributed by atoms with E-state index in [4.69, 9.17) is 4.98 Å². The molecule has 0 unspecified atom stereocenters. The van der Waals surface area contributed by atoms with Crippen LogP contribution in [0.1, 0.15) is 5.56 Å². The molecule has 29 heavy (non-hydrogen) atoms. The van der Waals surface area contributed by atoms with E-state index in [2.05, 4.69) is 44.0 Å². The fourth-order valence-corrected chi connectivity index (χ4v) is 3.98. The molecule has 0 atom stereocenters. The van der Waals surface area contributed by atoms with Crippen LogP contribution in [0.15, 0.2) is 71.7 Å². The Labute approximate surface area is 168 Å². The minimum absolute atomic E-state index is 0.123. The summed E-state index contributed by atoms with van der Waals surface area (Å²) in [5.41, 5.74) is 3.90. The van der Waals surface area contributed by atoms with E-state index >= 15 is 0 Å². The van der Waals surface area contributed by atoms with Gasteiger partial charge in [0.1, 0.15) is 0 Å². The van der Waals surface area contributed by atoms with E-state index in [1.807, 2.05) is 36.5 Å². The summed E-state index contributed by atoms with van der Waals surface area (Å²) in [5.74, 6) is 0.650. The highest BCUT2D eigenvalue weighted by atomic mass is 16.1. The van der Waals surface area contributed by atoms with Crippen LogP contribution in [0.5, 0.6) is 0 Å². The third-order valence-corrected chi connectivity index (χ3v) is 5.52. The Kier molecular flexibility index (Phi) is 4.62. The highest BCUT2D eigenvalue weighted by Crippen LogP contribution is 2.27. The summed E-state index contributed by atoms with van der Waals surface area (Å²) in [6.07, 6.45) is 1.92. The van der Waals surface area contributed by atoms with Gasteiger partial charge in [0, 0.05) is 61.5 Å². The molecule has 1 saturated heterocycles. The highest BCUT2D eigenvalue weighted by Gasteiger charge is 2.20. The first kappa shape index (κ1) is 17.7. The molecule has 0 spiro atoms. The number of anilines is 1. The van der Waals surface area contributed by atoms with Gasteiger partial charge in [-0.15, -0.1) is 0 Å². The molecule has 1 aliphatic rings. The fourth-order valence-electron chi connectivity index (χ4n) is 3.98. The molecular formula is C23H23N5O. The molecule has 6 heteroatoms. The average Bonchev–Trinajstić information content (AvgIpc) is 3.19.